The standard InChI is InChI=1S/C16H17BrN2O/c17-14-5-6-16(20)13(9-14)11-19-8-7-18-10-12-3-1-2-4-15(12)19/h1-6,9,18,20H,7-8,10-11H2. The van der Waals surface area contributed by atoms with Crippen LogP contribution in [0.4, 0.5) is 5.69 Å². The van der Waals surface area contributed by atoms with Gasteiger partial charge in [0, 0.05) is 41.9 Å². The zero-order valence-corrected chi connectivity index (χ0v) is 12.7. The second kappa shape index (κ2) is 5.85. The van der Waals surface area contributed by atoms with E-state index < -0.39 is 0 Å². The minimum atomic E-state index is 0.350. The Kier molecular flexibility index (Phi) is 3.94. The summed E-state index contributed by atoms with van der Waals surface area (Å²) in [6.45, 7) is 3.49. The van der Waals surface area contributed by atoms with Gasteiger partial charge in [-0.05, 0) is 29.8 Å². The van der Waals surface area contributed by atoms with Crippen molar-refractivity contribution in [1.82, 2.24) is 5.32 Å². The maximum absolute atomic E-state index is 10.0. The number of hydrogen-bond acceptors (Lipinski definition) is 3. The van der Waals surface area contributed by atoms with E-state index in [1.807, 2.05) is 12.1 Å². The number of fused-ring (bicyclic) bond motifs is 1. The Morgan fingerprint density at radius 1 is 1.20 bits per heavy atom. The third-order valence-corrected chi connectivity index (χ3v) is 4.10. The highest BCUT2D eigenvalue weighted by Gasteiger charge is 2.16. The number of rotatable bonds is 2. The molecule has 0 radical (unpaired) electrons. The highest BCUT2D eigenvalue weighted by molar-refractivity contribution is 9.10. The van der Waals surface area contributed by atoms with Crippen molar-refractivity contribution in [3.05, 3.63) is 58.1 Å². The van der Waals surface area contributed by atoms with Gasteiger partial charge in [0.2, 0.25) is 0 Å². The quantitative estimate of drug-likeness (QED) is 0.886. The molecule has 2 aromatic rings. The Bertz CT molecular complexity index is 615. The number of halogens is 1. The third kappa shape index (κ3) is 2.81. The average Bonchev–Trinajstić information content (AvgIpc) is 2.66. The van der Waals surface area contributed by atoms with Crippen LogP contribution in [0.1, 0.15) is 11.1 Å². The molecule has 1 aliphatic heterocycles. The van der Waals surface area contributed by atoms with Gasteiger partial charge in [0.25, 0.3) is 0 Å². The van der Waals surface area contributed by atoms with Crippen molar-refractivity contribution >= 4 is 21.6 Å². The number of phenolic OH excluding ortho intramolecular Hbond substituents is 1. The first kappa shape index (κ1) is 13.5. The molecule has 3 nitrogen and oxygen atoms in total. The minimum Gasteiger partial charge on any atom is -0.508 e. The number of nitrogens with zero attached hydrogens (tertiary/aromatic N) is 1. The Morgan fingerprint density at radius 3 is 2.95 bits per heavy atom. The highest BCUT2D eigenvalue weighted by Crippen LogP contribution is 2.28. The predicted octanol–water partition coefficient (Wildman–Crippen LogP) is 3.26. The molecule has 104 valence electrons. The second-order valence-corrected chi connectivity index (χ2v) is 5.92. The number of nitrogens with one attached hydrogen (secondary N) is 1. The van der Waals surface area contributed by atoms with Crippen LogP contribution < -0.4 is 10.2 Å². The Labute approximate surface area is 127 Å². The zero-order valence-electron chi connectivity index (χ0n) is 11.1. The summed E-state index contributed by atoms with van der Waals surface area (Å²) in [6, 6.07) is 14.0. The lowest BCUT2D eigenvalue weighted by molar-refractivity contribution is 0.467. The average molecular weight is 333 g/mol. The number of benzene rings is 2. The van der Waals surface area contributed by atoms with Crippen molar-refractivity contribution in [2.75, 3.05) is 18.0 Å². The predicted molar refractivity (Wildman–Crippen MR) is 85.0 cm³/mol. The van der Waals surface area contributed by atoms with E-state index in [0.717, 1.165) is 29.7 Å². The van der Waals surface area contributed by atoms with Crippen molar-refractivity contribution in [3.8, 4) is 5.75 Å². The fraction of sp³-hybridized carbons (Fsp3) is 0.250. The summed E-state index contributed by atoms with van der Waals surface area (Å²) in [5.74, 6) is 0.350. The number of hydrogen-bond donors (Lipinski definition) is 2. The molecule has 0 saturated carbocycles. The Hall–Kier alpha value is -1.52. The number of aromatic hydroxyl groups is 1. The molecule has 2 N–H and O–H groups in total. The summed E-state index contributed by atoms with van der Waals surface area (Å²) in [6.07, 6.45) is 0. The van der Waals surface area contributed by atoms with Crippen LogP contribution in [-0.2, 0) is 13.1 Å². The molecule has 0 fully saturated rings. The number of anilines is 1. The van der Waals surface area contributed by atoms with Gasteiger partial charge in [-0.15, -0.1) is 0 Å². The van der Waals surface area contributed by atoms with E-state index in [1.54, 1.807) is 6.07 Å². The Morgan fingerprint density at radius 2 is 2.05 bits per heavy atom. The van der Waals surface area contributed by atoms with E-state index in [4.69, 9.17) is 0 Å². The highest BCUT2D eigenvalue weighted by atomic mass is 79.9. The molecule has 1 aliphatic rings. The topological polar surface area (TPSA) is 35.5 Å². The summed E-state index contributed by atoms with van der Waals surface area (Å²) >= 11 is 3.47. The van der Waals surface area contributed by atoms with E-state index in [2.05, 4.69) is 50.4 Å². The molecule has 3 rings (SSSR count). The molecule has 0 aliphatic carbocycles. The molecule has 0 amide bonds. The molecular formula is C16H17BrN2O. The molecule has 0 bridgehead atoms. The van der Waals surface area contributed by atoms with Gasteiger partial charge in [-0.2, -0.15) is 0 Å². The van der Waals surface area contributed by atoms with Gasteiger partial charge in [-0.1, -0.05) is 34.1 Å². The zero-order chi connectivity index (χ0) is 13.9. The van der Waals surface area contributed by atoms with Crippen molar-refractivity contribution < 1.29 is 5.11 Å². The van der Waals surface area contributed by atoms with E-state index >= 15 is 0 Å². The number of phenols is 1. The summed E-state index contributed by atoms with van der Waals surface area (Å²) in [5.41, 5.74) is 3.49. The van der Waals surface area contributed by atoms with Crippen LogP contribution in [0.2, 0.25) is 0 Å². The molecule has 0 saturated heterocycles. The van der Waals surface area contributed by atoms with E-state index in [-0.39, 0.29) is 0 Å². The lowest BCUT2D eigenvalue weighted by Gasteiger charge is -2.25. The number of para-hydroxylation sites is 1. The summed E-state index contributed by atoms with van der Waals surface area (Å²) in [5, 5.41) is 13.5. The van der Waals surface area contributed by atoms with Crippen LogP contribution >= 0.6 is 15.9 Å². The smallest absolute Gasteiger partial charge is 0.120 e. The van der Waals surface area contributed by atoms with Gasteiger partial charge in [-0.3, -0.25) is 0 Å². The first-order valence-electron chi connectivity index (χ1n) is 6.75. The maximum atomic E-state index is 10.0. The molecule has 1 heterocycles. The van der Waals surface area contributed by atoms with Crippen LogP contribution in [0.5, 0.6) is 5.75 Å². The summed E-state index contributed by atoms with van der Waals surface area (Å²) < 4.78 is 0.992. The lowest BCUT2D eigenvalue weighted by Crippen LogP contribution is -2.28. The largest absolute Gasteiger partial charge is 0.508 e. The fourth-order valence-corrected chi connectivity index (χ4v) is 2.99. The van der Waals surface area contributed by atoms with Crippen LogP contribution in [0, 0.1) is 0 Å². The van der Waals surface area contributed by atoms with Crippen LogP contribution in [-0.4, -0.2) is 18.2 Å². The molecule has 0 aromatic heterocycles. The van der Waals surface area contributed by atoms with Crippen molar-refractivity contribution in [2.24, 2.45) is 0 Å². The SMILES string of the molecule is Oc1ccc(Br)cc1CN1CCNCc2ccccc21. The van der Waals surface area contributed by atoms with Gasteiger partial charge in [0.1, 0.15) is 5.75 Å². The van der Waals surface area contributed by atoms with E-state index in [1.165, 1.54) is 11.3 Å². The minimum absolute atomic E-state index is 0.350. The molecule has 0 atom stereocenters. The first-order chi connectivity index (χ1) is 9.74. The van der Waals surface area contributed by atoms with Crippen LogP contribution in [0.15, 0.2) is 46.9 Å². The van der Waals surface area contributed by atoms with Crippen LogP contribution in [0.3, 0.4) is 0 Å². The van der Waals surface area contributed by atoms with E-state index in [9.17, 15) is 5.11 Å². The normalized spacial score (nSPS) is 14.8. The first-order valence-corrected chi connectivity index (χ1v) is 7.54. The van der Waals surface area contributed by atoms with E-state index in [0.29, 0.717) is 12.3 Å². The molecule has 0 unspecified atom stereocenters. The van der Waals surface area contributed by atoms with Crippen molar-refractivity contribution in [1.29, 1.82) is 0 Å². The molecule has 0 spiro atoms. The van der Waals surface area contributed by atoms with Gasteiger partial charge >= 0.3 is 0 Å². The van der Waals surface area contributed by atoms with Gasteiger partial charge in [-0.25, -0.2) is 0 Å². The molecule has 2 aromatic carbocycles. The molecule has 4 heteroatoms. The van der Waals surface area contributed by atoms with Gasteiger partial charge in [0.05, 0.1) is 0 Å². The molecular weight excluding hydrogens is 316 g/mol. The van der Waals surface area contributed by atoms with Crippen molar-refractivity contribution in [3.63, 3.8) is 0 Å². The maximum Gasteiger partial charge on any atom is 0.120 e. The fourth-order valence-electron chi connectivity index (χ4n) is 2.58. The summed E-state index contributed by atoms with van der Waals surface area (Å²) in [7, 11) is 0. The second-order valence-electron chi connectivity index (χ2n) is 5.00. The van der Waals surface area contributed by atoms with Gasteiger partial charge in [0.15, 0.2) is 0 Å². The Balaban J connectivity index is 1.92. The van der Waals surface area contributed by atoms with Gasteiger partial charge < -0.3 is 15.3 Å². The summed E-state index contributed by atoms with van der Waals surface area (Å²) in [4.78, 5) is 2.32. The third-order valence-electron chi connectivity index (χ3n) is 3.61. The van der Waals surface area contributed by atoms with Crippen molar-refractivity contribution in [2.45, 2.75) is 13.1 Å². The monoisotopic (exact) mass is 332 g/mol. The van der Waals surface area contributed by atoms with Crippen LogP contribution in [0.25, 0.3) is 0 Å². The lowest BCUT2D eigenvalue weighted by atomic mass is 10.1. The molecule has 20 heavy (non-hydrogen) atoms.